The van der Waals surface area contributed by atoms with Crippen LogP contribution in [0.3, 0.4) is 0 Å². The molecular weight excluding hydrogens is 282 g/mol. The maximum absolute atomic E-state index is 11.9. The highest BCUT2D eigenvalue weighted by atomic mass is 32.1. The van der Waals surface area contributed by atoms with E-state index >= 15 is 0 Å². The molecule has 0 saturated heterocycles. The predicted molar refractivity (Wildman–Crippen MR) is 83.0 cm³/mol. The number of amides is 1. The number of nitrogens with one attached hydrogen (secondary N) is 1. The minimum Gasteiger partial charge on any atom is -0.347 e. The van der Waals surface area contributed by atoms with Crippen LogP contribution in [-0.2, 0) is 6.54 Å². The molecule has 21 heavy (non-hydrogen) atoms. The number of benzene rings is 1. The Morgan fingerprint density at radius 1 is 1.19 bits per heavy atom. The first-order chi connectivity index (χ1) is 10.3. The molecule has 1 aromatic carbocycles. The number of rotatable bonds is 4. The summed E-state index contributed by atoms with van der Waals surface area (Å²) in [6, 6.07) is 11.8. The SMILES string of the molecule is O=C(NCc1cccc(-c2ccsc2)c1)c1ccncn1. The lowest BCUT2D eigenvalue weighted by Crippen LogP contribution is -2.23. The summed E-state index contributed by atoms with van der Waals surface area (Å²) in [5, 5.41) is 7.03. The minimum atomic E-state index is -0.196. The zero-order valence-electron chi connectivity index (χ0n) is 11.2. The van der Waals surface area contributed by atoms with Gasteiger partial charge in [0.25, 0.3) is 5.91 Å². The third kappa shape index (κ3) is 3.32. The van der Waals surface area contributed by atoms with E-state index in [1.165, 1.54) is 11.9 Å². The number of hydrogen-bond donors (Lipinski definition) is 1. The molecule has 3 aromatic rings. The van der Waals surface area contributed by atoms with E-state index in [9.17, 15) is 4.79 Å². The van der Waals surface area contributed by atoms with Gasteiger partial charge in [-0.05, 0) is 45.6 Å². The van der Waals surface area contributed by atoms with Crippen molar-refractivity contribution in [1.82, 2.24) is 15.3 Å². The Bertz CT molecular complexity index is 726. The van der Waals surface area contributed by atoms with Crippen LogP contribution in [0.4, 0.5) is 0 Å². The molecule has 0 bridgehead atoms. The predicted octanol–water partition coefficient (Wildman–Crippen LogP) is 3.14. The van der Waals surface area contributed by atoms with E-state index < -0.39 is 0 Å². The maximum Gasteiger partial charge on any atom is 0.270 e. The van der Waals surface area contributed by atoms with Crippen molar-refractivity contribution < 1.29 is 4.79 Å². The Labute approximate surface area is 126 Å². The lowest BCUT2D eigenvalue weighted by molar-refractivity contribution is 0.0945. The fraction of sp³-hybridized carbons (Fsp3) is 0.0625. The highest BCUT2D eigenvalue weighted by Gasteiger charge is 2.06. The Kier molecular flexibility index (Phi) is 4.02. The van der Waals surface area contributed by atoms with Gasteiger partial charge >= 0.3 is 0 Å². The molecule has 0 unspecified atom stereocenters. The minimum absolute atomic E-state index is 0.196. The monoisotopic (exact) mass is 295 g/mol. The summed E-state index contributed by atoms with van der Waals surface area (Å²) in [4.78, 5) is 19.7. The lowest BCUT2D eigenvalue weighted by Gasteiger charge is -2.06. The molecule has 0 atom stereocenters. The van der Waals surface area contributed by atoms with Gasteiger partial charge in [0.2, 0.25) is 0 Å². The van der Waals surface area contributed by atoms with Crippen LogP contribution in [-0.4, -0.2) is 15.9 Å². The van der Waals surface area contributed by atoms with Gasteiger partial charge in [0.15, 0.2) is 0 Å². The Balaban J connectivity index is 1.69. The molecule has 0 aliphatic rings. The van der Waals surface area contributed by atoms with Crippen LogP contribution in [0.25, 0.3) is 11.1 Å². The molecule has 2 heterocycles. The van der Waals surface area contributed by atoms with Gasteiger partial charge < -0.3 is 5.32 Å². The van der Waals surface area contributed by atoms with Gasteiger partial charge in [0.1, 0.15) is 12.0 Å². The molecule has 0 saturated carbocycles. The third-order valence-corrected chi connectivity index (χ3v) is 3.73. The van der Waals surface area contributed by atoms with Crippen molar-refractivity contribution in [2.45, 2.75) is 6.54 Å². The number of nitrogens with zero attached hydrogens (tertiary/aromatic N) is 2. The fourth-order valence-electron chi connectivity index (χ4n) is 1.99. The topological polar surface area (TPSA) is 54.9 Å². The molecule has 1 amide bonds. The molecule has 5 heteroatoms. The molecule has 0 spiro atoms. The first-order valence-electron chi connectivity index (χ1n) is 6.48. The molecule has 2 aromatic heterocycles. The van der Waals surface area contributed by atoms with Crippen molar-refractivity contribution in [3.63, 3.8) is 0 Å². The summed E-state index contributed by atoms with van der Waals surface area (Å²) in [7, 11) is 0. The van der Waals surface area contributed by atoms with E-state index in [4.69, 9.17) is 0 Å². The smallest absolute Gasteiger partial charge is 0.270 e. The molecule has 3 rings (SSSR count). The average molecular weight is 295 g/mol. The maximum atomic E-state index is 11.9. The van der Waals surface area contributed by atoms with Gasteiger partial charge in [-0.15, -0.1) is 0 Å². The molecular formula is C16H13N3OS. The molecule has 0 aliphatic heterocycles. The lowest BCUT2D eigenvalue weighted by atomic mass is 10.1. The van der Waals surface area contributed by atoms with Crippen molar-refractivity contribution in [2.24, 2.45) is 0 Å². The van der Waals surface area contributed by atoms with Crippen LogP contribution in [0, 0.1) is 0 Å². The average Bonchev–Trinajstić information content (AvgIpc) is 3.08. The highest BCUT2D eigenvalue weighted by Crippen LogP contribution is 2.22. The first-order valence-corrected chi connectivity index (χ1v) is 7.43. The number of hydrogen-bond acceptors (Lipinski definition) is 4. The van der Waals surface area contributed by atoms with Gasteiger partial charge in [0, 0.05) is 12.7 Å². The van der Waals surface area contributed by atoms with Crippen molar-refractivity contribution in [3.05, 3.63) is 70.9 Å². The van der Waals surface area contributed by atoms with Gasteiger partial charge in [0.05, 0.1) is 0 Å². The van der Waals surface area contributed by atoms with E-state index in [-0.39, 0.29) is 5.91 Å². The highest BCUT2D eigenvalue weighted by molar-refractivity contribution is 7.08. The van der Waals surface area contributed by atoms with Crippen LogP contribution < -0.4 is 5.32 Å². The summed E-state index contributed by atoms with van der Waals surface area (Å²) >= 11 is 1.67. The van der Waals surface area contributed by atoms with Gasteiger partial charge in [-0.1, -0.05) is 18.2 Å². The first kappa shape index (κ1) is 13.5. The number of carbonyl (C=O) groups excluding carboxylic acids is 1. The van der Waals surface area contributed by atoms with Gasteiger partial charge in [-0.2, -0.15) is 11.3 Å². The van der Waals surface area contributed by atoms with E-state index in [2.05, 4.69) is 44.2 Å². The molecule has 0 aliphatic carbocycles. The Morgan fingerprint density at radius 3 is 2.90 bits per heavy atom. The quantitative estimate of drug-likeness (QED) is 0.804. The van der Waals surface area contributed by atoms with Crippen LogP contribution >= 0.6 is 11.3 Å². The summed E-state index contributed by atoms with van der Waals surface area (Å²) in [5.74, 6) is -0.196. The molecule has 1 N–H and O–H groups in total. The van der Waals surface area contributed by atoms with Crippen LogP contribution in [0.1, 0.15) is 16.1 Å². The van der Waals surface area contributed by atoms with Gasteiger partial charge in [-0.3, -0.25) is 4.79 Å². The van der Waals surface area contributed by atoms with Gasteiger partial charge in [-0.25, -0.2) is 9.97 Å². The second-order valence-corrected chi connectivity index (χ2v) is 5.27. The summed E-state index contributed by atoms with van der Waals surface area (Å²) in [6.45, 7) is 0.473. The van der Waals surface area contributed by atoms with E-state index in [1.807, 2.05) is 12.1 Å². The van der Waals surface area contributed by atoms with Crippen molar-refractivity contribution in [2.75, 3.05) is 0 Å². The van der Waals surface area contributed by atoms with Crippen LogP contribution in [0.5, 0.6) is 0 Å². The summed E-state index contributed by atoms with van der Waals surface area (Å²) in [5.41, 5.74) is 3.79. The number of carbonyl (C=O) groups is 1. The standard InChI is InChI=1S/C16H13N3OS/c20-16(15-4-6-17-11-19-15)18-9-12-2-1-3-13(8-12)14-5-7-21-10-14/h1-8,10-11H,9H2,(H,18,20). The van der Waals surface area contributed by atoms with Crippen molar-refractivity contribution in [1.29, 1.82) is 0 Å². The third-order valence-electron chi connectivity index (χ3n) is 3.05. The van der Waals surface area contributed by atoms with E-state index in [1.54, 1.807) is 23.6 Å². The van der Waals surface area contributed by atoms with E-state index in [0.29, 0.717) is 12.2 Å². The second kappa shape index (κ2) is 6.28. The number of aromatic nitrogens is 2. The Hall–Kier alpha value is -2.53. The molecule has 104 valence electrons. The molecule has 4 nitrogen and oxygen atoms in total. The molecule has 0 radical (unpaired) electrons. The summed E-state index contributed by atoms with van der Waals surface area (Å²) in [6.07, 6.45) is 2.92. The van der Waals surface area contributed by atoms with Crippen molar-refractivity contribution in [3.8, 4) is 11.1 Å². The van der Waals surface area contributed by atoms with Crippen LogP contribution in [0.15, 0.2) is 59.7 Å². The fourth-order valence-corrected chi connectivity index (χ4v) is 2.65. The van der Waals surface area contributed by atoms with E-state index in [0.717, 1.165) is 11.1 Å². The van der Waals surface area contributed by atoms with Crippen LogP contribution in [0.2, 0.25) is 0 Å². The zero-order valence-corrected chi connectivity index (χ0v) is 12.0. The largest absolute Gasteiger partial charge is 0.347 e. The summed E-state index contributed by atoms with van der Waals surface area (Å²) < 4.78 is 0. The number of thiophene rings is 1. The van der Waals surface area contributed by atoms with Crippen molar-refractivity contribution >= 4 is 17.2 Å². The zero-order chi connectivity index (χ0) is 14.5. The normalized spacial score (nSPS) is 10.3. The molecule has 0 fully saturated rings. The Morgan fingerprint density at radius 2 is 2.14 bits per heavy atom. The second-order valence-electron chi connectivity index (χ2n) is 4.49.